The SMILES string of the molecule is IN=C1C\C=C/C=C\C=C/C1=C\CC(I)I. The molecular weight excluding hydrogens is 539 g/mol. The molecule has 0 aromatic heterocycles. The van der Waals surface area contributed by atoms with Crippen LogP contribution in [-0.4, -0.2) is 7.64 Å². The largest absolute Gasteiger partial charge is 0.219 e. The smallest absolute Gasteiger partial charge is 0.0834 e. The summed E-state index contributed by atoms with van der Waals surface area (Å²) >= 11 is 6.94. The van der Waals surface area contributed by atoms with E-state index in [-0.39, 0.29) is 0 Å². The molecule has 1 rings (SSSR count). The zero-order chi connectivity index (χ0) is 11.8. The fourth-order valence-corrected chi connectivity index (χ4v) is 2.23. The van der Waals surface area contributed by atoms with Crippen LogP contribution >= 0.6 is 68.0 Å². The van der Waals surface area contributed by atoms with Crippen molar-refractivity contribution < 1.29 is 0 Å². The molecule has 0 aromatic carbocycles. The molecule has 0 spiro atoms. The molecule has 0 unspecified atom stereocenters. The van der Waals surface area contributed by atoms with Crippen LogP contribution in [0.3, 0.4) is 0 Å². The van der Waals surface area contributed by atoms with E-state index in [0.29, 0.717) is 1.93 Å². The van der Waals surface area contributed by atoms with E-state index in [4.69, 9.17) is 0 Å². The highest BCUT2D eigenvalue weighted by Crippen LogP contribution is 2.18. The summed E-state index contributed by atoms with van der Waals surface area (Å²) in [6.07, 6.45) is 16.7. The van der Waals surface area contributed by atoms with Gasteiger partial charge >= 0.3 is 0 Å². The van der Waals surface area contributed by atoms with E-state index in [2.05, 4.69) is 102 Å². The molecule has 86 valence electrons. The van der Waals surface area contributed by atoms with Gasteiger partial charge in [0.1, 0.15) is 0 Å². The molecule has 4 heteroatoms. The van der Waals surface area contributed by atoms with Gasteiger partial charge in [-0.3, -0.25) is 0 Å². The minimum atomic E-state index is 0.630. The molecule has 0 fully saturated rings. The van der Waals surface area contributed by atoms with Crippen molar-refractivity contribution >= 4 is 73.8 Å². The quantitative estimate of drug-likeness (QED) is 0.324. The zero-order valence-corrected chi connectivity index (χ0v) is 15.1. The van der Waals surface area contributed by atoms with Gasteiger partial charge in [0.15, 0.2) is 0 Å². The van der Waals surface area contributed by atoms with Gasteiger partial charge in [0.2, 0.25) is 0 Å². The maximum Gasteiger partial charge on any atom is 0.0834 e. The van der Waals surface area contributed by atoms with Crippen LogP contribution in [-0.2, 0) is 0 Å². The molecule has 0 saturated carbocycles. The van der Waals surface area contributed by atoms with Crippen molar-refractivity contribution in [2.24, 2.45) is 3.21 Å². The Morgan fingerprint density at radius 3 is 2.69 bits per heavy atom. The normalized spacial score (nSPS) is 27.5. The first-order valence-electron chi connectivity index (χ1n) is 4.90. The third-order valence-corrected chi connectivity index (χ3v) is 3.61. The highest BCUT2D eigenvalue weighted by atomic mass is 127. The van der Waals surface area contributed by atoms with Crippen LogP contribution in [0.4, 0.5) is 0 Å². The van der Waals surface area contributed by atoms with E-state index < -0.39 is 0 Å². The lowest BCUT2D eigenvalue weighted by Crippen LogP contribution is -1.99. The highest BCUT2D eigenvalue weighted by molar-refractivity contribution is 14.2. The summed E-state index contributed by atoms with van der Waals surface area (Å²) in [6, 6.07) is 0. The second-order valence-electron chi connectivity index (χ2n) is 3.19. The summed E-state index contributed by atoms with van der Waals surface area (Å²) in [6.45, 7) is 0. The Labute approximate surface area is 138 Å². The monoisotopic (exact) mass is 551 g/mol. The zero-order valence-electron chi connectivity index (χ0n) is 8.61. The van der Waals surface area contributed by atoms with Gasteiger partial charge in [-0.15, -0.1) is 0 Å². The van der Waals surface area contributed by atoms with Crippen LogP contribution in [0.1, 0.15) is 12.8 Å². The van der Waals surface area contributed by atoms with E-state index in [1.807, 2.05) is 12.2 Å². The van der Waals surface area contributed by atoms with Gasteiger partial charge in [-0.25, -0.2) is 3.21 Å². The van der Waals surface area contributed by atoms with Gasteiger partial charge in [0.05, 0.1) is 30.5 Å². The Morgan fingerprint density at radius 2 is 2.00 bits per heavy atom. The molecule has 1 nitrogen and oxygen atoms in total. The van der Waals surface area contributed by atoms with Crippen LogP contribution in [0.2, 0.25) is 0 Å². The van der Waals surface area contributed by atoms with E-state index in [9.17, 15) is 0 Å². The minimum Gasteiger partial charge on any atom is -0.219 e. The molecule has 1 aliphatic rings. The Morgan fingerprint density at radius 1 is 1.25 bits per heavy atom. The summed E-state index contributed by atoms with van der Waals surface area (Å²) in [4.78, 5) is 0. The summed E-state index contributed by atoms with van der Waals surface area (Å²) in [5.41, 5.74) is 2.38. The van der Waals surface area contributed by atoms with Crippen molar-refractivity contribution in [3.63, 3.8) is 0 Å². The topological polar surface area (TPSA) is 12.4 Å². The molecule has 0 radical (unpaired) electrons. The van der Waals surface area contributed by atoms with E-state index in [1.54, 1.807) is 0 Å². The lowest BCUT2D eigenvalue weighted by molar-refractivity contribution is 1.23. The van der Waals surface area contributed by atoms with Gasteiger partial charge in [0, 0.05) is 6.42 Å². The summed E-state index contributed by atoms with van der Waals surface area (Å²) in [7, 11) is 0. The van der Waals surface area contributed by atoms with Crippen molar-refractivity contribution in [1.82, 2.24) is 0 Å². The van der Waals surface area contributed by atoms with E-state index in [1.165, 1.54) is 5.57 Å². The molecule has 0 amide bonds. The van der Waals surface area contributed by atoms with Crippen LogP contribution in [0.25, 0.3) is 0 Å². The Kier molecular flexibility index (Phi) is 8.23. The lowest BCUT2D eigenvalue weighted by atomic mass is 10.1. The second-order valence-corrected chi connectivity index (χ2v) is 9.07. The van der Waals surface area contributed by atoms with Gasteiger partial charge in [-0.2, -0.15) is 0 Å². The van der Waals surface area contributed by atoms with Crippen LogP contribution in [0.15, 0.2) is 51.3 Å². The fourth-order valence-electron chi connectivity index (χ4n) is 1.25. The first kappa shape index (κ1) is 14.9. The van der Waals surface area contributed by atoms with E-state index in [0.717, 1.165) is 18.6 Å². The van der Waals surface area contributed by atoms with Gasteiger partial charge in [0.25, 0.3) is 0 Å². The van der Waals surface area contributed by atoms with Crippen molar-refractivity contribution in [3.8, 4) is 0 Å². The molecule has 0 saturated heterocycles. The molecule has 1 aliphatic carbocycles. The molecule has 0 heterocycles. The number of rotatable bonds is 2. The molecular formula is C12H12I3N. The lowest BCUT2D eigenvalue weighted by Gasteiger charge is -2.04. The fraction of sp³-hybridized carbons (Fsp3) is 0.250. The molecule has 0 N–H and O–H groups in total. The average molecular weight is 551 g/mol. The minimum absolute atomic E-state index is 0.630. The molecule has 0 bridgehead atoms. The van der Waals surface area contributed by atoms with E-state index >= 15 is 0 Å². The first-order valence-corrected chi connectivity index (χ1v) is 8.36. The first-order chi connectivity index (χ1) is 7.74. The standard InChI is InChI=1S/C12H12I3N/c13-12(14)9-8-10-6-4-2-1-3-5-7-11(10)16-15/h1-6,8,12H,7,9H2/b2-1-,5-3-,6-4-,10-8+,16-11?. The van der Waals surface area contributed by atoms with Crippen molar-refractivity contribution in [2.75, 3.05) is 0 Å². The predicted octanol–water partition coefficient (Wildman–Crippen LogP) is 5.36. The highest BCUT2D eigenvalue weighted by Gasteiger charge is 2.04. The van der Waals surface area contributed by atoms with Crippen LogP contribution < -0.4 is 0 Å². The number of hydrogen-bond donors (Lipinski definition) is 0. The maximum atomic E-state index is 4.33. The molecule has 0 aromatic rings. The third kappa shape index (κ3) is 5.95. The average Bonchev–Trinajstić information content (AvgIpc) is 2.37. The Hall–Kier alpha value is 0.820. The van der Waals surface area contributed by atoms with Crippen molar-refractivity contribution in [2.45, 2.75) is 14.8 Å². The second kappa shape index (κ2) is 8.84. The number of nitrogens with zero attached hydrogens (tertiary/aromatic N) is 1. The Balaban J connectivity index is 2.91. The summed E-state index contributed by atoms with van der Waals surface area (Å²) in [5.74, 6) is 0. The number of hydrogen-bond acceptors (Lipinski definition) is 1. The third-order valence-electron chi connectivity index (χ3n) is 2.01. The van der Waals surface area contributed by atoms with Gasteiger partial charge in [-0.1, -0.05) is 87.7 Å². The Bertz CT molecular complexity index is 362. The summed E-state index contributed by atoms with van der Waals surface area (Å²) in [5, 5.41) is 0. The molecule has 0 atom stereocenters. The predicted molar refractivity (Wildman–Crippen MR) is 98.0 cm³/mol. The van der Waals surface area contributed by atoms with Crippen LogP contribution in [0, 0.1) is 0 Å². The maximum absolute atomic E-state index is 4.33. The van der Waals surface area contributed by atoms with Gasteiger partial charge < -0.3 is 0 Å². The number of halogens is 3. The van der Waals surface area contributed by atoms with Gasteiger partial charge in [-0.05, 0) is 12.0 Å². The molecule has 16 heavy (non-hydrogen) atoms. The molecule has 0 aliphatic heterocycles. The summed E-state index contributed by atoms with van der Waals surface area (Å²) < 4.78 is 4.96. The van der Waals surface area contributed by atoms with Crippen LogP contribution in [0.5, 0.6) is 0 Å². The van der Waals surface area contributed by atoms with Crippen molar-refractivity contribution in [3.05, 3.63) is 48.1 Å². The number of allylic oxidation sites excluding steroid dienone is 8. The van der Waals surface area contributed by atoms with Crippen molar-refractivity contribution in [1.29, 1.82) is 0 Å². The number of alkyl halides is 2.